The van der Waals surface area contributed by atoms with Crippen molar-refractivity contribution in [2.24, 2.45) is 5.73 Å². The molecule has 0 radical (unpaired) electrons. The first kappa shape index (κ1) is 9.32. The molecule has 0 saturated carbocycles. The molecule has 0 spiro atoms. The Kier molecular flexibility index (Phi) is 2.92. The minimum atomic E-state index is -0.385. The third kappa shape index (κ3) is 1.88. The minimum absolute atomic E-state index is 0.0962. The van der Waals surface area contributed by atoms with Crippen LogP contribution in [0.1, 0.15) is 11.6 Å². The lowest BCUT2D eigenvalue weighted by Crippen LogP contribution is -2.14. The van der Waals surface area contributed by atoms with Crippen LogP contribution in [0.25, 0.3) is 0 Å². The molecule has 0 unspecified atom stereocenters. The predicted octanol–water partition coefficient (Wildman–Crippen LogP) is 0.914. The van der Waals surface area contributed by atoms with Crippen LogP contribution in [0.4, 0.5) is 5.69 Å². The normalized spacial score (nSPS) is 12.9. The Morgan fingerprint density at radius 1 is 1.50 bits per heavy atom. The van der Waals surface area contributed by atoms with Crippen LogP contribution in [0.15, 0.2) is 18.2 Å². The van der Waals surface area contributed by atoms with Crippen LogP contribution >= 0.6 is 11.6 Å². The summed E-state index contributed by atoms with van der Waals surface area (Å²) < 4.78 is 0. The molecule has 1 aromatic rings. The quantitative estimate of drug-likeness (QED) is 0.602. The molecule has 0 amide bonds. The van der Waals surface area contributed by atoms with Crippen molar-refractivity contribution in [2.45, 2.75) is 6.04 Å². The van der Waals surface area contributed by atoms with Gasteiger partial charge in [-0.15, -0.1) is 0 Å². The second kappa shape index (κ2) is 3.76. The summed E-state index contributed by atoms with van der Waals surface area (Å²) in [5, 5.41) is 9.25. The summed E-state index contributed by atoms with van der Waals surface area (Å²) in [4.78, 5) is 0. The van der Waals surface area contributed by atoms with Crippen LogP contribution in [-0.2, 0) is 0 Å². The first-order valence-electron chi connectivity index (χ1n) is 3.56. The number of halogens is 1. The highest BCUT2D eigenvalue weighted by molar-refractivity contribution is 6.33. The Labute approximate surface area is 75.9 Å². The fraction of sp³-hybridized carbons (Fsp3) is 0.250. The molecule has 0 aromatic heterocycles. The second-order valence-corrected chi connectivity index (χ2v) is 2.98. The lowest BCUT2D eigenvalue weighted by Gasteiger charge is -2.09. The third-order valence-electron chi connectivity index (χ3n) is 1.64. The molecule has 0 fully saturated rings. The average Bonchev–Trinajstić information content (AvgIpc) is 2.08. The van der Waals surface area contributed by atoms with Gasteiger partial charge < -0.3 is 16.6 Å². The van der Waals surface area contributed by atoms with E-state index < -0.39 is 0 Å². The number of rotatable bonds is 2. The topological polar surface area (TPSA) is 72.3 Å². The van der Waals surface area contributed by atoms with E-state index in [4.69, 9.17) is 28.2 Å². The predicted molar refractivity (Wildman–Crippen MR) is 49.9 cm³/mol. The van der Waals surface area contributed by atoms with Crippen LogP contribution in [-0.4, -0.2) is 11.7 Å². The minimum Gasteiger partial charge on any atom is -0.398 e. The molecule has 1 aromatic carbocycles. The van der Waals surface area contributed by atoms with Gasteiger partial charge in [-0.1, -0.05) is 17.7 Å². The largest absolute Gasteiger partial charge is 0.398 e. The van der Waals surface area contributed by atoms with Crippen LogP contribution in [0.3, 0.4) is 0 Å². The smallest absolute Gasteiger partial charge is 0.0635 e. The Morgan fingerprint density at radius 3 is 2.67 bits per heavy atom. The van der Waals surface area contributed by atoms with E-state index in [1.165, 1.54) is 0 Å². The zero-order valence-electron chi connectivity index (χ0n) is 6.50. The lowest BCUT2D eigenvalue weighted by molar-refractivity contribution is 0.268. The van der Waals surface area contributed by atoms with Crippen molar-refractivity contribution in [3.63, 3.8) is 0 Å². The van der Waals surface area contributed by atoms with Crippen molar-refractivity contribution in [1.82, 2.24) is 0 Å². The van der Waals surface area contributed by atoms with Gasteiger partial charge in [0, 0.05) is 0 Å². The van der Waals surface area contributed by atoms with Gasteiger partial charge in [0.05, 0.1) is 23.4 Å². The summed E-state index contributed by atoms with van der Waals surface area (Å²) in [5.74, 6) is 0. The van der Waals surface area contributed by atoms with E-state index in [0.717, 1.165) is 5.56 Å². The number of nitrogen functional groups attached to an aromatic ring is 1. The van der Waals surface area contributed by atoms with Crippen LogP contribution in [0, 0.1) is 0 Å². The molecule has 0 bridgehead atoms. The summed E-state index contributed by atoms with van der Waals surface area (Å²) in [6, 6.07) is 4.70. The molecule has 0 heterocycles. The third-order valence-corrected chi connectivity index (χ3v) is 1.99. The van der Waals surface area contributed by atoms with E-state index in [9.17, 15) is 0 Å². The molecular weight excluding hydrogens is 176 g/mol. The molecule has 4 heteroatoms. The zero-order chi connectivity index (χ0) is 9.14. The van der Waals surface area contributed by atoms with Crippen molar-refractivity contribution in [1.29, 1.82) is 0 Å². The molecule has 5 N–H and O–H groups in total. The molecule has 12 heavy (non-hydrogen) atoms. The van der Waals surface area contributed by atoms with E-state index in [2.05, 4.69) is 0 Å². The van der Waals surface area contributed by atoms with Crippen molar-refractivity contribution in [3.05, 3.63) is 28.8 Å². The molecule has 0 aliphatic heterocycles. The van der Waals surface area contributed by atoms with Gasteiger partial charge >= 0.3 is 0 Å². The highest BCUT2D eigenvalue weighted by Gasteiger charge is 2.05. The number of hydrogen-bond acceptors (Lipinski definition) is 3. The second-order valence-electron chi connectivity index (χ2n) is 2.57. The number of benzene rings is 1. The molecule has 0 aliphatic rings. The van der Waals surface area contributed by atoms with Crippen molar-refractivity contribution >= 4 is 17.3 Å². The molecule has 1 atom stereocenters. The fourth-order valence-electron chi connectivity index (χ4n) is 0.898. The first-order valence-corrected chi connectivity index (χ1v) is 3.94. The molecule has 1 rings (SSSR count). The Balaban J connectivity index is 2.96. The number of aliphatic hydroxyl groups is 1. The van der Waals surface area contributed by atoms with Crippen LogP contribution in [0.2, 0.25) is 5.02 Å². The molecule has 0 aliphatic carbocycles. The number of nitrogens with two attached hydrogens (primary N) is 2. The van der Waals surface area contributed by atoms with Crippen LogP contribution in [0.5, 0.6) is 0 Å². The van der Waals surface area contributed by atoms with Gasteiger partial charge in [0.1, 0.15) is 0 Å². The van der Waals surface area contributed by atoms with E-state index >= 15 is 0 Å². The summed E-state index contributed by atoms with van der Waals surface area (Å²) in [5.41, 5.74) is 12.4. The first-order chi connectivity index (χ1) is 5.65. The van der Waals surface area contributed by atoms with E-state index in [1.807, 2.05) is 0 Å². The fourth-order valence-corrected chi connectivity index (χ4v) is 1.02. The summed E-state index contributed by atoms with van der Waals surface area (Å²) >= 11 is 5.70. The van der Waals surface area contributed by atoms with E-state index in [-0.39, 0.29) is 12.6 Å². The van der Waals surface area contributed by atoms with E-state index in [1.54, 1.807) is 18.2 Å². The van der Waals surface area contributed by atoms with Gasteiger partial charge in [0.25, 0.3) is 0 Å². The molecule has 0 saturated heterocycles. The summed E-state index contributed by atoms with van der Waals surface area (Å²) in [6.45, 7) is -0.0962. The average molecular weight is 187 g/mol. The van der Waals surface area contributed by atoms with Crippen molar-refractivity contribution in [3.8, 4) is 0 Å². The Bertz CT molecular complexity index is 278. The number of aliphatic hydroxyl groups excluding tert-OH is 1. The zero-order valence-corrected chi connectivity index (χ0v) is 7.25. The van der Waals surface area contributed by atoms with Gasteiger partial charge in [-0.3, -0.25) is 0 Å². The number of hydrogen-bond donors (Lipinski definition) is 3. The standard InChI is InChI=1S/C8H11ClN2O/c9-6-2-1-5(3-7(6)10)8(11)4-12/h1-3,8,12H,4,10-11H2/t8-/m0/s1. The van der Waals surface area contributed by atoms with Crippen LogP contribution < -0.4 is 11.5 Å². The van der Waals surface area contributed by atoms with Crippen molar-refractivity contribution < 1.29 is 5.11 Å². The highest BCUT2D eigenvalue weighted by Crippen LogP contribution is 2.21. The van der Waals surface area contributed by atoms with Gasteiger partial charge in [-0.25, -0.2) is 0 Å². The van der Waals surface area contributed by atoms with Crippen molar-refractivity contribution in [2.75, 3.05) is 12.3 Å². The maximum Gasteiger partial charge on any atom is 0.0635 e. The molecule has 3 nitrogen and oxygen atoms in total. The maximum absolute atomic E-state index is 8.75. The lowest BCUT2D eigenvalue weighted by atomic mass is 10.1. The maximum atomic E-state index is 8.75. The Hall–Kier alpha value is -0.770. The summed E-state index contributed by atoms with van der Waals surface area (Å²) in [6.07, 6.45) is 0. The summed E-state index contributed by atoms with van der Waals surface area (Å²) in [7, 11) is 0. The van der Waals surface area contributed by atoms with Gasteiger partial charge in [0.2, 0.25) is 0 Å². The monoisotopic (exact) mass is 186 g/mol. The Morgan fingerprint density at radius 2 is 2.17 bits per heavy atom. The van der Waals surface area contributed by atoms with E-state index in [0.29, 0.717) is 10.7 Å². The van der Waals surface area contributed by atoms with Gasteiger partial charge in [0.15, 0.2) is 0 Å². The molecular formula is C8H11ClN2O. The molecule has 66 valence electrons. The highest BCUT2D eigenvalue weighted by atomic mass is 35.5. The van der Waals surface area contributed by atoms with Gasteiger partial charge in [-0.05, 0) is 17.7 Å². The SMILES string of the molecule is Nc1cc([C@@H](N)CO)ccc1Cl. The van der Waals surface area contributed by atoms with Gasteiger partial charge in [-0.2, -0.15) is 0 Å². The number of anilines is 1.